The maximum atomic E-state index is 2.48. The molecule has 0 aliphatic heterocycles. The predicted molar refractivity (Wildman–Crippen MR) is 148 cm³/mol. The Morgan fingerprint density at radius 3 is 0.844 bits per heavy atom. The van der Waals surface area contributed by atoms with Crippen molar-refractivity contribution in [3.8, 4) is 0 Å². The molecule has 2 fully saturated rings. The lowest BCUT2D eigenvalue weighted by Gasteiger charge is -2.46. The summed E-state index contributed by atoms with van der Waals surface area (Å²) in [6.07, 6.45) is 8.27. The standard InChI is InChI=1S/C30H52S2/c1-27(2,3)19-15-13-16-20(28(4,5)6)23(19)25-31-26(32-25)24-21(29(7,8)9)17-14-18-22(24)30(10,11)12/h19-22H,13-18H2,1-12H3. The minimum atomic E-state index is 0.350. The maximum absolute atomic E-state index is 2.48. The van der Waals surface area contributed by atoms with Gasteiger partial charge in [-0.2, -0.15) is 0 Å². The van der Waals surface area contributed by atoms with E-state index in [0.717, 1.165) is 23.7 Å². The largest absolute Gasteiger partial charge is 0.114 e. The minimum absolute atomic E-state index is 0.350. The molecule has 0 spiro atoms. The lowest BCUT2D eigenvalue weighted by Crippen LogP contribution is -2.40. The molecule has 2 saturated carbocycles. The van der Waals surface area contributed by atoms with Crippen molar-refractivity contribution in [2.24, 2.45) is 45.3 Å². The molecule has 2 heteroatoms. The van der Waals surface area contributed by atoms with Gasteiger partial charge in [-0.3, -0.25) is 0 Å². The molecule has 32 heavy (non-hydrogen) atoms. The van der Waals surface area contributed by atoms with E-state index in [9.17, 15) is 0 Å². The molecule has 184 valence electrons. The summed E-state index contributed by atoms with van der Waals surface area (Å²) in [4.78, 5) is 0. The summed E-state index contributed by atoms with van der Waals surface area (Å²) in [6, 6.07) is 0. The zero-order valence-corrected chi connectivity index (χ0v) is 25.0. The highest BCUT2D eigenvalue weighted by atomic mass is 32.2. The SMILES string of the molecule is CC(C)(C)C1CCCC(C(C)(C)C)C1=c1sc(=C2C(C(C)(C)C)CCCC2C(C)(C)C)s1. The van der Waals surface area contributed by atoms with Crippen LogP contribution < -0.4 is 7.69 Å². The maximum Gasteiger partial charge on any atom is 0.0819 e. The first-order valence-corrected chi connectivity index (χ1v) is 14.9. The molecule has 1 heterocycles. The van der Waals surface area contributed by atoms with E-state index in [1.54, 1.807) is 7.69 Å². The summed E-state index contributed by atoms with van der Waals surface area (Å²) in [6.45, 7) is 29.7. The highest BCUT2D eigenvalue weighted by Crippen LogP contribution is 2.52. The normalized spacial score (nSPS) is 29.0. The zero-order chi connectivity index (χ0) is 24.3. The van der Waals surface area contributed by atoms with Crippen molar-refractivity contribution in [3.05, 3.63) is 7.69 Å². The van der Waals surface area contributed by atoms with E-state index in [1.807, 2.05) is 11.1 Å². The summed E-state index contributed by atoms with van der Waals surface area (Å²) in [5.74, 6) is 2.91. The fourth-order valence-electron chi connectivity index (χ4n) is 6.74. The van der Waals surface area contributed by atoms with Crippen LogP contribution in [0.15, 0.2) is 0 Å². The molecule has 0 bridgehead atoms. The second-order valence-electron chi connectivity index (χ2n) is 15.2. The van der Waals surface area contributed by atoms with Gasteiger partial charge in [-0.25, -0.2) is 0 Å². The van der Waals surface area contributed by atoms with E-state index >= 15 is 0 Å². The Bertz CT molecular complexity index is 757. The van der Waals surface area contributed by atoms with Gasteiger partial charge in [0.1, 0.15) is 0 Å². The number of rotatable bonds is 0. The van der Waals surface area contributed by atoms with Crippen molar-refractivity contribution in [2.75, 3.05) is 0 Å². The smallest absolute Gasteiger partial charge is 0.0819 e. The Hall–Kier alpha value is -0.0800. The lowest BCUT2D eigenvalue weighted by atomic mass is 9.60. The van der Waals surface area contributed by atoms with Gasteiger partial charge in [0.25, 0.3) is 0 Å². The molecular weight excluding hydrogens is 424 g/mol. The first kappa shape index (κ1) is 26.5. The summed E-state index contributed by atoms with van der Waals surface area (Å²) in [7, 11) is 0. The zero-order valence-electron chi connectivity index (χ0n) is 23.4. The van der Waals surface area contributed by atoms with Crippen LogP contribution in [0.4, 0.5) is 0 Å². The Balaban J connectivity index is 2.24. The molecule has 3 rings (SSSR count). The molecule has 4 unspecified atom stereocenters. The molecule has 0 radical (unpaired) electrons. The average molecular weight is 477 g/mol. The molecule has 0 N–H and O–H groups in total. The van der Waals surface area contributed by atoms with Gasteiger partial charge in [-0.15, -0.1) is 22.7 Å². The summed E-state index contributed by atoms with van der Waals surface area (Å²) in [5.41, 5.74) is 5.05. The van der Waals surface area contributed by atoms with Gasteiger partial charge in [0.15, 0.2) is 0 Å². The van der Waals surface area contributed by atoms with Crippen LogP contribution in [-0.4, -0.2) is 0 Å². The van der Waals surface area contributed by atoms with Crippen LogP contribution in [-0.2, 0) is 0 Å². The van der Waals surface area contributed by atoms with E-state index in [1.165, 1.54) is 38.5 Å². The van der Waals surface area contributed by atoms with Crippen molar-refractivity contribution in [3.63, 3.8) is 0 Å². The molecule has 0 amide bonds. The molecule has 0 nitrogen and oxygen atoms in total. The van der Waals surface area contributed by atoms with E-state index < -0.39 is 0 Å². The van der Waals surface area contributed by atoms with Gasteiger partial charge < -0.3 is 0 Å². The monoisotopic (exact) mass is 476 g/mol. The first-order chi connectivity index (χ1) is 14.4. The molecule has 0 aromatic carbocycles. The third kappa shape index (κ3) is 5.42. The Labute approximate surface area is 208 Å². The van der Waals surface area contributed by atoms with Gasteiger partial charge in [0.05, 0.1) is 7.69 Å². The van der Waals surface area contributed by atoms with Crippen LogP contribution in [0, 0.1) is 45.3 Å². The Morgan fingerprint density at radius 2 is 0.656 bits per heavy atom. The second kappa shape index (κ2) is 8.85. The summed E-state index contributed by atoms with van der Waals surface area (Å²) >= 11 is 4.38. The van der Waals surface area contributed by atoms with Gasteiger partial charge in [-0.05, 0) is 82.2 Å². The van der Waals surface area contributed by atoms with Gasteiger partial charge in [0.2, 0.25) is 0 Å². The molecular formula is C30H52S2. The number of hydrogen-bond acceptors (Lipinski definition) is 2. The van der Waals surface area contributed by atoms with Gasteiger partial charge >= 0.3 is 0 Å². The molecule has 4 atom stereocenters. The van der Waals surface area contributed by atoms with E-state index in [0.29, 0.717) is 21.7 Å². The van der Waals surface area contributed by atoms with Crippen LogP contribution in [0.5, 0.6) is 0 Å². The molecule has 2 aliphatic carbocycles. The lowest BCUT2D eigenvalue weighted by molar-refractivity contribution is 0.188. The van der Waals surface area contributed by atoms with Crippen molar-refractivity contribution in [2.45, 2.75) is 122 Å². The van der Waals surface area contributed by atoms with Crippen molar-refractivity contribution in [1.29, 1.82) is 0 Å². The molecule has 0 saturated heterocycles. The predicted octanol–water partition coefficient (Wildman–Crippen LogP) is 9.13. The average Bonchev–Trinajstić information content (AvgIpc) is 2.57. The highest BCUT2D eigenvalue weighted by molar-refractivity contribution is 7.36. The van der Waals surface area contributed by atoms with Crippen molar-refractivity contribution in [1.82, 2.24) is 0 Å². The van der Waals surface area contributed by atoms with Crippen LogP contribution in [0.1, 0.15) is 122 Å². The van der Waals surface area contributed by atoms with E-state index in [2.05, 4.69) is 106 Å². The summed E-state index contributed by atoms with van der Waals surface area (Å²) < 4.78 is 3.36. The van der Waals surface area contributed by atoms with Crippen molar-refractivity contribution >= 4 is 33.8 Å². The third-order valence-corrected chi connectivity index (χ3v) is 11.2. The van der Waals surface area contributed by atoms with Crippen molar-refractivity contribution < 1.29 is 0 Å². The highest BCUT2D eigenvalue weighted by Gasteiger charge is 2.43. The third-order valence-electron chi connectivity index (χ3n) is 8.50. The fraction of sp³-hybridized carbons (Fsp3) is 0.867. The van der Waals surface area contributed by atoms with Crippen LogP contribution in [0.2, 0.25) is 0 Å². The topological polar surface area (TPSA) is 0 Å². The molecule has 1 aromatic heterocycles. The summed E-state index contributed by atoms with van der Waals surface area (Å²) in [5, 5.41) is 0. The van der Waals surface area contributed by atoms with E-state index in [-0.39, 0.29) is 0 Å². The quantitative estimate of drug-likeness (QED) is 0.350. The van der Waals surface area contributed by atoms with E-state index in [4.69, 9.17) is 0 Å². The van der Waals surface area contributed by atoms with Crippen LogP contribution in [0.25, 0.3) is 11.1 Å². The minimum Gasteiger partial charge on any atom is -0.114 e. The van der Waals surface area contributed by atoms with Crippen LogP contribution >= 0.6 is 22.7 Å². The second-order valence-corrected chi connectivity index (χ2v) is 17.8. The molecule has 2 aliphatic rings. The van der Waals surface area contributed by atoms with Crippen LogP contribution in [0.3, 0.4) is 0 Å². The Morgan fingerprint density at radius 1 is 0.438 bits per heavy atom. The van der Waals surface area contributed by atoms with Gasteiger partial charge in [0, 0.05) is 0 Å². The Kier molecular flexibility index (Phi) is 7.34. The molecule has 1 aromatic rings. The first-order valence-electron chi connectivity index (χ1n) is 13.3. The fourth-order valence-corrected chi connectivity index (χ4v) is 9.45. The van der Waals surface area contributed by atoms with Gasteiger partial charge in [-0.1, -0.05) is 95.9 Å². The number of hydrogen-bond donors (Lipinski definition) is 0.